The number of aliphatic hydroxyl groups excluding tert-OH is 1. The van der Waals surface area contributed by atoms with Crippen molar-refractivity contribution in [1.29, 1.82) is 0 Å². The first kappa shape index (κ1) is 17.5. The van der Waals surface area contributed by atoms with E-state index >= 15 is 0 Å². The molecule has 23 heavy (non-hydrogen) atoms. The second-order valence-corrected chi connectivity index (χ2v) is 7.01. The van der Waals surface area contributed by atoms with E-state index in [0.29, 0.717) is 31.8 Å². The Morgan fingerprint density at radius 1 is 1.48 bits per heavy atom. The Morgan fingerprint density at radius 3 is 2.78 bits per heavy atom. The summed E-state index contributed by atoms with van der Waals surface area (Å²) in [6.07, 6.45) is 0.178. The van der Waals surface area contributed by atoms with Crippen LogP contribution >= 0.6 is 0 Å². The summed E-state index contributed by atoms with van der Waals surface area (Å²) in [5.74, 6) is 0.607. The van der Waals surface area contributed by atoms with Crippen LogP contribution in [-0.2, 0) is 11.3 Å². The second-order valence-electron chi connectivity index (χ2n) is 7.01. The lowest BCUT2D eigenvalue weighted by atomic mass is 10.0. The number of aromatic nitrogens is 3. The Labute approximate surface area is 135 Å². The van der Waals surface area contributed by atoms with Gasteiger partial charge in [0.15, 0.2) is 0 Å². The van der Waals surface area contributed by atoms with Gasteiger partial charge in [0.05, 0.1) is 6.10 Å². The van der Waals surface area contributed by atoms with Crippen LogP contribution in [0.5, 0.6) is 0 Å². The lowest BCUT2D eigenvalue weighted by Crippen LogP contribution is -2.36. The van der Waals surface area contributed by atoms with Gasteiger partial charge < -0.3 is 15.2 Å². The van der Waals surface area contributed by atoms with Crippen LogP contribution < -0.4 is 11.0 Å². The molecule has 1 aliphatic carbocycles. The van der Waals surface area contributed by atoms with Gasteiger partial charge in [-0.2, -0.15) is 5.10 Å². The fourth-order valence-corrected chi connectivity index (χ4v) is 3.01. The van der Waals surface area contributed by atoms with Crippen molar-refractivity contribution in [1.82, 2.24) is 20.1 Å². The third-order valence-electron chi connectivity index (χ3n) is 4.03. The van der Waals surface area contributed by atoms with Gasteiger partial charge in [-0.3, -0.25) is 4.57 Å². The van der Waals surface area contributed by atoms with E-state index in [2.05, 4.69) is 15.5 Å². The highest BCUT2D eigenvalue weighted by atomic mass is 16.6. The van der Waals surface area contributed by atoms with Gasteiger partial charge in [0, 0.05) is 24.9 Å². The molecule has 0 radical (unpaired) electrons. The zero-order chi connectivity index (χ0) is 17.2. The zero-order valence-electron chi connectivity index (χ0n) is 14.1. The van der Waals surface area contributed by atoms with Gasteiger partial charge in [0.2, 0.25) is 0 Å². The number of hydrogen-bond acceptors (Lipinski definition) is 5. The normalized spacial score (nSPS) is 24.7. The summed E-state index contributed by atoms with van der Waals surface area (Å²) in [5, 5.41) is 19.5. The third kappa shape index (κ3) is 4.34. The summed E-state index contributed by atoms with van der Waals surface area (Å²) in [6.45, 7) is 8.16. The molecule has 0 spiro atoms. The highest BCUT2D eigenvalue weighted by molar-refractivity contribution is 5.67. The van der Waals surface area contributed by atoms with Crippen molar-refractivity contribution in [3.8, 4) is 0 Å². The van der Waals surface area contributed by atoms with E-state index in [1.165, 1.54) is 0 Å². The van der Waals surface area contributed by atoms with E-state index < -0.39 is 17.8 Å². The molecule has 1 saturated carbocycles. The summed E-state index contributed by atoms with van der Waals surface area (Å²) >= 11 is 0. The van der Waals surface area contributed by atoms with E-state index in [0.717, 1.165) is 0 Å². The molecule has 0 aromatic carbocycles. The molecular formula is C15H26N4O4. The Morgan fingerprint density at radius 2 is 2.17 bits per heavy atom. The maximum atomic E-state index is 11.7. The first-order valence-corrected chi connectivity index (χ1v) is 8.01. The largest absolute Gasteiger partial charge is 0.444 e. The third-order valence-corrected chi connectivity index (χ3v) is 4.03. The predicted molar refractivity (Wildman–Crippen MR) is 84.2 cm³/mol. The smallest absolute Gasteiger partial charge is 0.407 e. The van der Waals surface area contributed by atoms with Crippen LogP contribution in [0.2, 0.25) is 0 Å². The van der Waals surface area contributed by atoms with Gasteiger partial charge in [-0.1, -0.05) is 0 Å². The summed E-state index contributed by atoms with van der Waals surface area (Å²) in [4.78, 5) is 23.3. The molecule has 8 nitrogen and oxygen atoms in total. The number of alkyl carbamates (subject to hydrolysis) is 1. The summed E-state index contributed by atoms with van der Waals surface area (Å²) < 4.78 is 6.77. The van der Waals surface area contributed by atoms with Crippen LogP contribution in [-0.4, -0.2) is 44.2 Å². The van der Waals surface area contributed by atoms with E-state index in [-0.39, 0.29) is 17.5 Å². The first-order chi connectivity index (χ1) is 10.7. The van der Waals surface area contributed by atoms with Gasteiger partial charge in [-0.05, 0) is 40.5 Å². The first-order valence-electron chi connectivity index (χ1n) is 8.01. The summed E-state index contributed by atoms with van der Waals surface area (Å²) in [6, 6.07) is 0. The molecule has 3 atom stereocenters. The molecule has 1 aliphatic rings. The van der Waals surface area contributed by atoms with Gasteiger partial charge in [0.1, 0.15) is 11.4 Å². The number of nitrogens with zero attached hydrogens (tertiary/aromatic N) is 2. The van der Waals surface area contributed by atoms with E-state index in [9.17, 15) is 14.7 Å². The second kappa shape index (κ2) is 6.74. The SMILES string of the molecule is CCn1c([C@H]2C[C@H](CNC(=O)OC(C)(C)C)[C@H](O)C2)n[nH]c1=O. The molecular weight excluding hydrogens is 300 g/mol. The lowest BCUT2D eigenvalue weighted by molar-refractivity contribution is 0.0500. The zero-order valence-corrected chi connectivity index (χ0v) is 14.1. The topological polar surface area (TPSA) is 109 Å². The Balaban J connectivity index is 1.94. The maximum absolute atomic E-state index is 11.7. The maximum Gasteiger partial charge on any atom is 0.407 e. The van der Waals surface area contributed by atoms with Crippen LogP contribution in [0.3, 0.4) is 0 Å². The van der Waals surface area contributed by atoms with E-state index in [1.54, 1.807) is 25.3 Å². The Hall–Kier alpha value is -1.83. The average molecular weight is 326 g/mol. The molecule has 1 fully saturated rings. The quantitative estimate of drug-likeness (QED) is 0.764. The Kier molecular flexibility index (Phi) is 5.13. The minimum atomic E-state index is -0.548. The number of ether oxygens (including phenoxy) is 1. The number of carbonyl (C=O) groups excluding carboxylic acids is 1. The number of aromatic amines is 1. The molecule has 1 amide bonds. The molecule has 0 unspecified atom stereocenters. The molecule has 1 heterocycles. The van der Waals surface area contributed by atoms with Crippen LogP contribution in [0.15, 0.2) is 4.79 Å². The molecule has 2 rings (SSSR count). The van der Waals surface area contributed by atoms with Crippen molar-refractivity contribution in [2.75, 3.05) is 6.54 Å². The number of nitrogens with one attached hydrogen (secondary N) is 2. The Bertz CT molecular complexity index is 601. The molecule has 1 aromatic rings. The minimum Gasteiger partial charge on any atom is -0.444 e. The number of aliphatic hydroxyl groups is 1. The van der Waals surface area contributed by atoms with Gasteiger partial charge >= 0.3 is 11.8 Å². The molecule has 3 N–H and O–H groups in total. The summed E-state index contributed by atoms with van der Waals surface area (Å²) in [5.41, 5.74) is -0.778. The monoisotopic (exact) mass is 326 g/mol. The molecule has 130 valence electrons. The van der Waals surface area contributed by atoms with E-state index in [1.807, 2.05) is 6.92 Å². The van der Waals surface area contributed by atoms with Gasteiger partial charge in [-0.15, -0.1) is 0 Å². The van der Waals surface area contributed by atoms with Gasteiger partial charge in [0.25, 0.3) is 0 Å². The van der Waals surface area contributed by atoms with Crippen molar-refractivity contribution >= 4 is 6.09 Å². The summed E-state index contributed by atoms with van der Waals surface area (Å²) in [7, 11) is 0. The van der Waals surface area contributed by atoms with Gasteiger partial charge in [-0.25, -0.2) is 14.7 Å². The van der Waals surface area contributed by atoms with Crippen molar-refractivity contribution < 1.29 is 14.6 Å². The minimum absolute atomic E-state index is 0.00864. The predicted octanol–water partition coefficient (Wildman–Crippen LogP) is 0.970. The molecule has 1 aromatic heterocycles. The van der Waals surface area contributed by atoms with Crippen molar-refractivity contribution in [3.63, 3.8) is 0 Å². The molecule has 0 saturated heterocycles. The van der Waals surface area contributed by atoms with Crippen molar-refractivity contribution in [3.05, 3.63) is 16.3 Å². The van der Waals surface area contributed by atoms with Crippen LogP contribution in [0.1, 0.15) is 52.3 Å². The highest BCUT2D eigenvalue weighted by Gasteiger charge is 2.36. The van der Waals surface area contributed by atoms with Crippen LogP contribution in [0.4, 0.5) is 4.79 Å². The number of rotatable bonds is 4. The van der Waals surface area contributed by atoms with Crippen molar-refractivity contribution in [2.24, 2.45) is 5.92 Å². The van der Waals surface area contributed by atoms with Crippen molar-refractivity contribution in [2.45, 2.75) is 64.7 Å². The highest BCUT2D eigenvalue weighted by Crippen LogP contribution is 2.37. The average Bonchev–Trinajstić information content (AvgIpc) is 2.97. The number of hydrogen-bond donors (Lipinski definition) is 3. The lowest BCUT2D eigenvalue weighted by Gasteiger charge is -2.21. The number of H-pyrrole nitrogens is 1. The number of carbonyl (C=O) groups is 1. The fourth-order valence-electron chi connectivity index (χ4n) is 3.01. The number of amides is 1. The van der Waals surface area contributed by atoms with Crippen LogP contribution in [0.25, 0.3) is 0 Å². The van der Waals surface area contributed by atoms with E-state index in [4.69, 9.17) is 4.74 Å². The fraction of sp³-hybridized carbons (Fsp3) is 0.800. The molecule has 8 heteroatoms. The standard InChI is InChI=1S/C15H26N4O4/c1-5-19-12(17-18-13(19)21)9-6-10(11(20)7-9)8-16-14(22)23-15(2,3)4/h9-11,20H,5-8H2,1-4H3,(H,16,22)(H,18,21)/t9-,10+,11+/m0/s1. The molecule has 0 bridgehead atoms. The van der Waals surface area contributed by atoms with Crippen LogP contribution in [0, 0.1) is 5.92 Å². The molecule has 0 aliphatic heterocycles.